The van der Waals surface area contributed by atoms with Crippen LogP contribution in [-0.2, 0) is 24.7 Å². The van der Waals surface area contributed by atoms with Crippen LogP contribution < -0.4 is 0 Å². The van der Waals surface area contributed by atoms with E-state index in [2.05, 4.69) is 0 Å². The zero-order valence-corrected chi connectivity index (χ0v) is 36.2. The number of benzene rings is 9. The Balaban J connectivity index is 1.18. The number of alkyl halides is 12. The van der Waals surface area contributed by atoms with Crippen LogP contribution in [0.5, 0.6) is 0 Å². The molecule has 0 N–H and O–H groups in total. The quantitative estimate of drug-likeness (QED) is 0.133. The van der Waals surface area contributed by atoms with E-state index in [4.69, 9.17) is 0 Å². The van der Waals surface area contributed by atoms with Crippen molar-refractivity contribution in [2.24, 2.45) is 0 Å². The molecule has 0 heterocycles. The highest BCUT2D eigenvalue weighted by atomic mass is 19.4. The first-order valence-corrected chi connectivity index (χ1v) is 21.5. The standard InChI is InChI=1S/C58H34F12/c59-55(60,61)47-25-17-39(18-26-47)35-1-9-43(10-2-35)51-33-53(45-13-5-37(6-14-45)41-21-29-49(30-22-41)57(65,66)67)54(46-15-7-38(8-16-46)42-23-31-50(32-24-42)58(68,69)70)34-52(51)44-11-3-36(4-12-44)40-19-27-48(28-20-40)56(62,63)64/h1-34H. The minimum Gasteiger partial charge on any atom is -0.166 e. The molecule has 9 aromatic carbocycles. The molecule has 0 amide bonds. The van der Waals surface area contributed by atoms with Gasteiger partial charge in [0, 0.05) is 0 Å². The Bertz CT molecular complexity index is 2810. The largest absolute Gasteiger partial charge is 0.416 e. The van der Waals surface area contributed by atoms with Crippen molar-refractivity contribution in [3.63, 3.8) is 0 Å². The van der Waals surface area contributed by atoms with E-state index in [0.717, 1.165) is 93.0 Å². The van der Waals surface area contributed by atoms with Crippen LogP contribution >= 0.6 is 0 Å². The van der Waals surface area contributed by atoms with E-state index in [1.165, 1.54) is 48.5 Å². The summed E-state index contributed by atoms with van der Waals surface area (Å²) in [5.74, 6) is 0. The van der Waals surface area contributed by atoms with Crippen molar-refractivity contribution in [1.29, 1.82) is 0 Å². The van der Waals surface area contributed by atoms with Crippen LogP contribution in [0.2, 0.25) is 0 Å². The molecule has 0 aromatic heterocycles. The number of hydrogen-bond acceptors (Lipinski definition) is 0. The van der Waals surface area contributed by atoms with Gasteiger partial charge in [-0.2, -0.15) is 52.7 Å². The second-order valence-electron chi connectivity index (χ2n) is 16.6. The minimum atomic E-state index is -4.50. The molecule has 0 bridgehead atoms. The molecular formula is C58H34F12. The first-order chi connectivity index (χ1) is 33.2. The summed E-state index contributed by atoms with van der Waals surface area (Å²) in [5.41, 5.74) is 7.56. The second kappa shape index (κ2) is 18.2. The highest BCUT2D eigenvalue weighted by Crippen LogP contribution is 2.45. The van der Waals surface area contributed by atoms with Crippen LogP contribution in [0.3, 0.4) is 0 Å². The highest BCUT2D eigenvalue weighted by molar-refractivity contribution is 5.96. The molecule has 0 radical (unpaired) electrons. The Morgan fingerprint density at radius 3 is 0.400 bits per heavy atom. The zero-order valence-electron chi connectivity index (χ0n) is 36.2. The van der Waals surface area contributed by atoms with Crippen molar-refractivity contribution in [3.05, 3.63) is 229 Å². The molecule has 0 nitrogen and oxygen atoms in total. The van der Waals surface area contributed by atoms with Crippen LogP contribution in [0.15, 0.2) is 206 Å². The van der Waals surface area contributed by atoms with Gasteiger partial charge in [-0.3, -0.25) is 0 Å². The maximum absolute atomic E-state index is 13.4. The summed E-state index contributed by atoms with van der Waals surface area (Å²) < 4.78 is 160. The fourth-order valence-corrected chi connectivity index (χ4v) is 8.33. The average molecular weight is 959 g/mol. The molecule has 70 heavy (non-hydrogen) atoms. The lowest BCUT2D eigenvalue weighted by atomic mass is 9.84. The Morgan fingerprint density at radius 1 is 0.157 bits per heavy atom. The van der Waals surface area contributed by atoms with E-state index in [1.807, 2.05) is 60.7 Å². The first kappa shape index (κ1) is 47.2. The molecule has 0 saturated carbocycles. The number of halogens is 12. The molecule has 0 saturated heterocycles. The van der Waals surface area contributed by atoms with E-state index < -0.39 is 47.0 Å². The predicted octanol–water partition coefficient (Wildman–Crippen LogP) is 19.1. The van der Waals surface area contributed by atoms with E-state index in [9.17, 15) is 52.7 Å². The lowest BCUT2D eigenvalue weighted by Gasteiger charge is -2.19. The molecule has 0 aliphatic heterocycles. The summed E-state index contributed by atoms with van der Waals surface area (Å²) in [5, 5.41) is 0. The fraction of sp³-hybridized carbons (Fsp3) is 0.0690. The predicted molar refractivity (Wildman–Crippen MR) is 250 cm³/mol. The van der Waals surface area contributed by atoms with Gasteiger partial charge >= 0.3 is 24.7 Å². The Labute approximate surface area is 393 Å². The highest BCUT2D eigenvalue weighted by Gasteiger charge is 2.32. The normalized spacial score (nSPS) is 12.3. The summed E-state index contributed by atoms with van der Waals surface area (Å²) in [6.07, 6.45) is -18.0. The molecule has 0 unspecified atom stereocenters. The van der Waals surface area contributed by atoms with Crippen molar-refractivity contribution < 1.29 is 52.7 Å². The average Bonchev–Trinajstić information content (AvgIpc) is 3.35. The summed E-state index contributed by atoms with van der Waals surface area (Å²) in [7, 11) is 0. The van der Waals surface area contributed by atoms with Crippen LogP contribution in [0.1, 0.15) is 22.3 Å². The maximum atomic E-state index is 13.4. The molecule has 0 fully saturated rings. The molecule has 0 spiro atoms. The Hall–Kier alpha value is -7.86. The van der Waals surface area contributed by atoms with Gasteiger partial charge in [-0.1, -0.05) is 146 Å². The summed E-state index contributed by atoms with van der Waals surface area (Å²) >= 11 is 0. The fourth-order valence-electron chi connectivity index (χ4n) is 8.33. The summed E-state index contributed by atoms with van der Waals surface area (Å²) in [6.45, 7) is 0. The molecule has 0 atom stereocenters. The van der Waals surface area contributed by atoms with Crippen molar-refractivity contribution >= 4 is 0 Å². The molecular weight excluding hydrogens is 925 g/mol. The summed E-state index contributed by atoms with van der Waals surface area (Å²) in [6, 6.07) is 52.3. The smallest absolute Gasteiger partial charge is 0.166 e. The van der Waals surface area contributed by atoms with Gasteiger partial charge in [-0.05, 0) is 150 Å². The molecule has 9 aromatic rings. The van der Waals surface area contributed by atoms with E-state index in [0.29, 0.717) is 44.5 Å². The van der Waals surface area contributed by atoms with Gasteiger partial charge in [0.2, 0.25) is 0 Å². The van der Waals surface area contributed by atoms with Crippen LogP contribution in [-0.4, -0.2) is 0 Å². The van der Waals surface area contributed by atoms with Gasteiger partial charge in [0.25, 0.3) is 0 Å². The molecule has 0 aliphatic carbocycles. The van der Waals surface area contributed by atoms with Gasteiger partial charge < -0.3 is 0 Å². The van der Waals surface area contributed by atoms with Crippen molar-refractivity contribution in [2.75, 3.05) is 0 Å². The van der Waals surface area contributed by atoms with E-state index >= 15 is 0 Å². The lowest BCUT2D eigenvalue weighted by molar-refractivity contribution is -0.138. The molecule has 12 heteroatoms. The lowest BCUT2D eigenvalue weighted by Crippen LogP contribution is -2.04. The molecule has 350 valence electrons. The third-order valence-electron chi connectivity index (χ3n) is 12.1. The Morgan fingerprint density at radius 2 is 0.271 bits per heavy atom. The van der Waals surface area contributed by atoms with Gasteiger partial charge in [-0.15, -0.1) is 0 Å². The van der Waals surface area contributed by atoms with Gasteiger partial charge in [0.15, 0.2) is 0 Å². The number of hydrogen-bond donors (Lipinski definition) is 0. The maximum Gasteiger partial charge on any atom is 0.416 e. The summed E-state index contributed by atoms with van der Waals surface area (Å²) in [4.78, 5) is 0. The van der Waals surface area contributed by atoms with Crippen molar-refractivity contribution in [3.8, 4) is 89.0 Å². The van der Waals surface area contributed by atoms with Gasteiger partial charge in [-0.25, -0.2) is 0 Å². The zero-order chi connectivity index (χ0) is 49.6. The number of rotatable bonds is 8. The third-order valence-corrected chi connectivity index (χ3v) is 12.1. The van der Waals surface area contributed by atoms with Gasteiger partial charge in [0.1, 0.15) is 0 Å². The topological polar surface area (TPSA) is 0 Å². The molecule has 0 aliphatic rings. The second-order valence-corrected chi connectivity index (χ2v) is 16.6. The SMILES string of the molecule is FC(F)(F)c1ccc(-c2ccc(-c3cc(-c4ccc(-c5ccc(C(F)(F)F)cc5)cc4)c(-c4ccc(-c5ccc(C(F)(F)F)cc5)cc4)cc3-c3ccc(-c4ccc(C(F)(F)F)cc4)cc3)cc2)cc1. The monoisotopic (exact) mass is 958 g/mol. The van der Waals surface area contributed by atoms with Crippen LogP contribution in [0.4, 0.5) is 52.7 Å². The molecule has 9 rings (SSSR count). The van der Waals surface area contributed by atoms with E-state index in [-0.39, 0.29) is 0 Å². The minimum absolute atomic E-state index is 0.558. The van der Waals surface area contributed by atoms with Crippen LogP contribution in [0.25, 0.3) is 89.0 Å². The van der Waals surface area contributed by atoms with Crippen molar-refractivity contribution in [2.45, 2.75) is 24.7 Å². The Kier molecular flexibility index (Phi) is 12.3. The van der Waals surface area contributed by atoms with Crippen molar-refractivity contribution in [1.82, 2.24) is 0 Å². The first-order valence-electron chi connectivity index (χ1n) is 21.5. The third kappa shape index (κ3) is 10.1. The van der Waals surface area contributed by atoms with E-state index in [1.54, 1.807) is 48.5 Å². The van der Waals surface area contributed by atoms with Crippen LogP contribution in [0, 0.1) is 0 Å². The van der Waals surface area contributed by atoms with Gasteiger partial charge in [0.05, 0.1) is 22.3 Å².